The van der Waals surface area contributed by atoms with E-state index in [1.165, 1.54) is 22.8 Å². The van der Waals surface area contributed by atoms with Crippen molar-refractivity contribution in [1.82, 2.24) is 9.29 Å². The lowest BCUT2D eigenvalue weighted by molar-refractivity contribution is -0.119. The van der Waals surface area contributed by atoms with Crippen LogP contribution in [0.3, 0.4) is 0 Å². The first kappa shape index (κ1) is 21.4. The number of methoxy groups -OCH3 is 1. The molecule has 1 unspecified atom stereocenters. The van der Waals surface area contributed by atoms with E-state index in [1.807, 2.05) is 6.92 Å². The van der Waals surface area contributed by atoms with Gasteiger partial charge in [0.2, 0.25) is 15.9 Å². The zero-order valence-corrected chi connectivity index (χ0v) is 18.6. The van der Waals surface area contributed by atoms with Gasteiger partial charge >= 0.3 is 5.97 Å². The second-order valence-corrected chi connectivity index (χ2v) is 10.2. The van der Waals surface area contributed by atoms with Crippen molar-refractivity contribution in [2.45, 2.75) is 30.7 Å². The summed E-state index contributed by atoms with van der Waals surface area (Å²) in [4.78, 5) is 29.2. The van der Waals surface area contributed by atoms with Crippen molar-refractivity contribution in [3.05, 3.63) is 53.6 Å². The summed E-state index contributed by atoms with van der Waals surface area (Å²) in [6, 6.07) is 10.7. The van der Waals surface area contributed by atoms with E-state index in [-0.39, 0.29) is 11.4 Å². The number of aromatic nitrogens is 1. The number of carbonyl (C=O) groups is 2. The van der Waals surface area contributed by atoms with Crippen LogP contribution < -0.4 is 5.32 Å². The predicted molar refractivity (Wildman–Crippen MR) is 118 cm³/mol. The van der Waals surface area contributed by atoms with Crippen LogP contribution in [0.15, 0.2) is 47.4 Å². The summed E-state index contributed by atoms with van der Waals surface area (Å²) in [7, 11) is -2.47. The number of sulfonamides is 1. The van der Waals surface area contributed by atoms with Crippen molar-refractivity contribution in [2.75, 3.05) is 19.0 Å². The molecule has 1 saturated heterocycles. The Balaban J connectivity index is 1.55. The molecule has 0 bridgehead atoms. The van der Waals surface area contributed by atoms with Crippen LogP contribution in [0.25, 0.3) is 10.2 Å². The van der Waals surface area contributed by atoms with Crippen LogP contribution in [0.5, 0.6) is 0 Å². The Morgan fingerprint density at radius 1 is 1.19 bits per heavy atom. The number of ether oxygens (including phenoxy) is 1. The highest BCUT2D eigenvalue weighted by Crippen LogP contribution is 2.30. The largest absolute Gasteiger partial charge is 0.465 e. The molecular formula is C21H21N3O5S2. The normalized spacial score (nSPS) is 17.0. The predicted octanol–water partition coefficient (Wildman–Crippen LogP) is 3.18. The van der Waals surface area contributed by atoms with Gasteiger partial charge in [-0.15, -0.1) is 0 Å². The van der Waals surface area contributed by atoms with E-state index in [4.69, 9.17) is 4.74 Å². The molecule has 4 rings (SSSR count). The highest BCUT2D eigenvalue weighted by Gasteiger charge is 2.39. The van der Waals surface area contributed by atoms with Crippen molar-refractivity contribution in [3.8, 4) is 0 Å². The first-order chi connectivity index (χ1) is 14.8. The molecule has 0 saturated carbocycles. The molecule has 0 aliphatic carbocycles. The molecule has 0 radical (unpaired) electrons. The Kier molecular flexibility index (Phi) is 5.78. The quantitative estimate of drug-likeness (QED) is 0.588. The van der Waals surface area contributed by atoms with E-state index in [2.05, 4.69) is 10.3 Å². The standard InChI is InChI=1S/C21H21N3O5S2/c1-13-5-8-15(9-6-13)31(27,28)24-11-3-4-17(24)19(25)23-21-22-16-10-7-14(20(26)29-2)12-18(16)30-21/h5-10,12,17H,3-4,11H2,1-2H3,(H,22,23,25). The fourth-order valence-corrected chi connectivity index (χ4v) is 6.11. The minimum absolute atomic E-state index is 0.174. The molecular weight excluding hydrogens is 438 g/mol. The lowest BCUT2D eigenvalue weighted by Gasteiger charge is -2.23. The van der Waals surface area contributed by atoms with Crippen LogP contribution in [0.4, 0.5) is 5.13 Å². The van der Waals surface area contributed by atoms with Gasteiger partial charge in [-0.3, -0.25) is 4.79 Å². The highest BCUT2D eigenvalue weighted by molar-refractivity contribution is 7.89. The number of carbonyl (C=O) groups excluding carboxylic acids is 2. The first-order valence-corrected chi connectivity index (χ1v) is 11.9. The third-order valence-corrected chi connectivity index (χ3v) is 8.03. The van der Waals surface area contributed by atoms with Crippen molar-refractivity contribution in [2.24, 2.45) is 0 Å². The smallest absolute Gasteiger partial charge is 0.337 e. The molecule has 10 heteroatoms. The molecule has 162 valence electrons. The van der Waals surface area contributed by atoms with Crippen LogP contribution in [-0.4, -0.2) is 49.3 Å². The molecule has 3 aromatic rings. The Morgan fingerprint density at radius 2 is 1.94 bits per heavy atom. The molecule has 1 fully saturated rings. The van der Waals surface area contributed by atoms with E-state index in [0.717, 1.165) is 5.56 Å². The molecule has 0 spiro atoms. The number of nitrogens with one attached hydrogen (secondary N) is 1. The topological polar surface area (TPSA) is 106 Å². The second kappa shape index (κ2) is 8.37. The number of rotatable bonds is 5. The lowest BCUT2D eigenvalue weighted by Crippen LogP contribution is -2.43. The van der Waals surface area contributed by atoms with E-state index < -0.39 is 27.9 Å². The SMILES string of the molecule is COC(=O)c1ccc2nc(NC(=O)C3CCCN3S(=O)(=O)c3ccc(C)cc3)sc2c1. The lowest BCUT2D eigenvalue weighted by atomic mass is 10.2. The van der Waals surface area contributed by atoms with Crippen molar-refractivity contribution in [3.63, 3.8) is 0 Å². The number of nitrogens with zero attached hydrogens (tertiary/aromatic N) is 2. The molecule has 1 N–H and O–H groups in total. The van der Waals surface area contributed by atoms with Gasteiger partial charge in [0.05, 0.1) is 27.8 Å². The van der Waals surface area contributed by atoms with E-state index >= 15 is 0 Å². The molecule has 2 heterocycles. The van der Waals surface area contributed by atoms with E-state index in [9.17, 15) is 18.0 Å². The Hall–Kier alpha value is -2.82. The number of benzene rings is 2. The van der Waals surface area contributed by atoms with Gasteiger partial charge in [0, 0.05) is 6.54 Å². The zero-order chi connectivity index (χ0) is 22.2. The van der Waals surface area contributed by atoms with E-state index in [1.54, 1.807) is 42.5 Å². The molecule has 1 atom stereocenters. The molecule has 1 aliphatic rings. The zero-order valence-electron chi connectivity index (χ0n) is 17.0. The summed E-state index contributed by atoms with van der Waals surface area (Å²) in [5.41, 5.74) is 1.98. The second-order valence-electron chi connectivity index (χ2n) is 7.27. The minimum Gasteiger partial charge on any atom is -0.465 e. The molecule has 1 aromatic heterocycles. The average molecular weight is 460 g/mol. The summed E-state index contributed by atoms with van der Waals surface area (Å²) in [6.45, 7) is 2.17. The van der Waals surface area contributed by atoms with Gasteiger partial charge in [0.1, 0.15) is 6.04 Å². The third-order valence-electron chi connectivity index (χ3n) is 5.17. The summed E-state index contributed by atoms with van der Waals surface area (Å²) in [5, 5.41) is 3.09. The number of fused-ring (bicyclic) bond motifs is 1. The molecule has 2 aromatic carbocycles. The summed E-state index contributed by atoms with van der Waals surface area (Å²) in [6.07, 6.45) is 1.04. The van der Waals surface area contributed by atoms with Gasteiger partial charge in [-0.25, -0.2) is 18.2 Å². The fourth-order valence-electron chi connectivity index (χ4n) is 3.55. The average Bonchev–Trinajstić information content (AvgIpc) is 3.40. The Bertz CT molecular complexity index is 1250. The maximum atomic E-state index is 13.1. The van der Waals surface area contributed by atoms with Crippen LogP contribution in [0, 0.1) is 6.92 Å². The number of anilines is 1. The van der Waals surface area contributed by atoms with Crippen LogP contribution in [-0.2, 0) is 19.6 Å². The number of hydrogen-bond donors (Lipinski definition) is 1. The van der Waals surface area contributed by atoms with Crippen LogP contribution >= 0.6 is 11.3 Å². The van der Waals surface area contributed by atoms with Gasteiger partial charge in [-0.2, -0.15) is 4.31 Å². The van der Waals surface area contributed by atoms with Gasteiger partial charge in [0.15, 0.2) is 5.13 Å². The van der Waals surface area contributed by atoms with Crippen molar-refractivity contribution >= 4 is 48.6 Å². The monoisotopic (exact) mass is 459 g/mol. The first-order valence-electron chi connectivity index (χ1n) is 9.68. The summed E-state index contributed by atoms with van der Waals surface area (Å²) < 4.78 is 32.8. The van der Waals surface area contributed by atoms with Gasteiger partial charge in [0.25, 0.3) is 0 Å². The van der Waals surface area contributed by atoms with Gasteiger partial charge < -0.3 is 10.1 Å². The van der Waals surface area contributed by atoms with Gasteiger partial charge in [-0.05, 0) is 50.1 Å². The molecule has 31 heavy (non-hydrogen) atoms. The van der Waals surface area contributed by atoms with Crippen LogP contribution in [0.1, 0.15) is 28.8 Å². The van der Waals surface area contributed by atoms with Gasteiger partial charge in [-0.1, -0.05) is 29.0 Å². The van der Waals surface area contributed by atoms with E-state index in [0.29, 0.717) is 33.8 Å². The fraction of sp³-hybridized carbons (Fsp3) is 0.286. The Morgan fingerprint density at radius 3 is 2.65 bits per heavy atom. The van der Waals surface area contributed by atoms with Crippen molar-refractivity contribution < 1.29 is 22.7 Å². The Labute approximate surface area is 183 Å². The number of amides is 1. The minimum atomic E-state index is -3.78. The molecule has 1 amide bonds. The summed E-state index contributed by atoms with van der Waals surface area (Å²) >= 11 is 1.21. The maximum Gasteiger partial charge on any atom is 0.337 e. The number of hydrogen-bond acceptors (Lipinski definition) is 7. The number of esters is 1. The number of aryl methyl sites for hydroxylation is 1. The number of thiazole rings is 1. The summed E-state index contributed by atoms with van der Waals surface area (Å²) in [5.74, 6) is -0.871. The third kappa shape index (κ3) is 4.18. The molecule has 8 nitrogen and oxygen atoms in total. The van der Waals surface area contributed by atoms with Crippen molar-refractivity contribution in [1.29, 1.82) is 0 Å². The molecule has 1 aliphatic heterocycles. The maximum absolute atomic E-state index is 13.1. The van der Waals surface area contributed by atoms with Crippen LogP contribution in [0.2, 0.25) is 0 Å². The highest BCUT2D eigenvalue weighted by atomic mass is 32.2.